The molecule has 1 aliphatic rings. The number of para-hydroxylation sites is 1. The van der Waals surface area contributed by atoms with Crippen molar-refractivity contribution in [1.29, 1.82) is 0 Å². The second kappa shape index (κ2) is 8.56. The topological polar surface area (TPSA) is 32.8 Å². The molecule has 0 spiro atoms. The standard InChI is InChI=1S/C19H20Cl2N2O2/c20-16-7-4-8-17(21)19(16)25-14-18(24)23-11-9-22(10-12-23)13-15-5-2-1-3-6-15/h1-8H,9-14H2. The predicted molar refractivity (Wildman–Crippen MR) is 100 cm³/mol. The second-order valence-electron chi connectivity index (χ2n) is 5.98. The Kier molecular flexibility index (Phi) is 6.19. The van der Waals surface area contributed by atoms with Crippen molar-refractivity contribution < 1.29 is 9.53 Å². The van der Waals surface area contributed by atoms with Crippen LogP contribution in [0.4, 0.5) is 0 Å². The molecule has 0 saturated carbocycles. The van der Waals surface area contributed by atoms with Gasteiger partial charge < -0.3 is 9.64 Å². The molecule has 132 valence electrons. The number of piperazine rings is 1. The molecule has 1 aliphatic heterocycles. The number of ether oxygens (including phenoxy) is 1. The van der Waals surface area contributed by atoms with Crippen molar-refractivity contribution in [3.8, 4) is 5.75 Å². The zero-order valence-corrected chi connectivity index (χ0v) is 15.3. The number of hydrogen-bond acceptors (Lipinski definition) is 3. The van der Waals surface area contributed by atoms with Gasteiger partial charge in [0.2, 0.25) is 0 Å². The number of amides is 1. The maximum absolute atomic E-state index is 12.4. The lowest BCUT2D eigenvalue weighted by Crippen LogP contribution is -2.49. The van der Waals surface area contributed by atoms with Crippen molar-refractivity contribution in [2.24, 2.45) is 0 Å². The summed E-state index contributed by atoms with van der Waals surface area (Å²) in [5, 5.41) is 0.820. The first-order chi connectivity index (χ1) is 12.1. The first kappa shape index (κ1) is 18.1. The molecule has 2 aromatic rings. The van der Waals surface area contributed by atoms with E-state index in [1.165, 1.54) is 5.56 Å². The molecule has 3 rings (SSSR count). The van der Waals surface area contributed by atoms with E-state index in [9.17, 15) is 4.79 Å². The van der Waals surface area contributed by atoms with Crippen LogP contribution in [0.15, 0.2) is 48.5 Å². The van der Waals surface area contributed by atoms with E-state index in [-0.39, 0.29) is 12.5 Å². The van der Waals surface area contributed by atoms with Gasteiger partial charge in [-0.1, -0.05) is 59.6 Å². The molecule has 4 nitrogen and oxygen atoms in total. The average molecular weight is 379 g/mol. The van der Waals surface area contributed by atoms with Gasteiger partial charge in [0, 0.05) is 32.7 Å². The summed E-state index contributed by atoms with van der Waals surface area (Å²) in [6.45, 7) is 3.97. The van der Waals surface area contributed by atoms with Gasteiger partial charge in [-0.05, 0) is 17.7 Å². The Morgan fingerprint density at radius 3 is 2.20 bits per heavy atom. The lowest BCUT2D eigenvalue weighted by atomic mass is 10.2. The minimum atomic E-state index is -0.0534. The van der Waals surface area contributed by atoms with Crippen LogP contribution in [0.25, 0.3) is 0 Å². The molecule has 1 heterocycles. The molecule has 6 heteroatoms. The van der Waals surface area contributed by atoms with Crippen molar-refractivity contribution in [1.82, 2.24) is 9.80 Å². The van der Waals surface area contributed by atoms with Gasteiger partial charge in [-0.15, -0.1) is 0 Å². The molecule has 0 atom stereocenters. The van der Waals surface area contributed by atoms with E-state index in [0.717, 1.165) is 19.6 Å². The van der Waals surface area contributed by atoms with Gasteiger partial charge in [0.05, 0.1) is 10.0 Å². The summed E-state index contributed by atoms with van der Waals surface area (Å²) < 4.78 is 5.54. The van der Waals surface area contributed by atoms with Crippen LogP contribution in [-0.2, 0) is 11.3 Å². The number of benzene rings is 2. The number of carbonyl (C=O) groups excluding carboxylic acids is 1. The Hall–Kier alpha value is -1.75. The third-order valence-corrected chi connectivity index (χ3v) is 4.83. The highest BCUT2D eigenvalue weighted by molar-refractivity contribution is 6.37. The summed E-state index contributed by atoms with van der Waals surface area (Å²) in [6.07, 6.45) is 0. The minimum absolute atomic E-state index is 0.0460. The highest BCUT2D eigenvalue weighted by atomic mass is 35.5. The summed E-state index contributed by atoms with van der Waals surface area (Å²) in [6, 6.07) is 15.5. The van der Waals surface area contributed by atoms with Crippen molar-refractivity contribution in [3.05, 3.63) is 64.1 Å². The van der Waals surface area contributed by atoms with E-state index in [0.29, 0.717) is 28.9 Å². The monoisotopic (exact) mass is 378 g/mol. The van der Waals surface area contributed by atoms with E-state index in [1.54, 1.807) is 18.2 Å². The van der Waals surface area contributed by atoms with Crippen LogP contribution < -0.4 is 4.74 Å². The molecule has 1 fully saturated rings. The van der Waals surface area contributed by atoms with Crippen LogP contribution in [0.1, 0.15) is 5.56 Å². The molecule has 1 saturated heterocycles. The first-order valence-corrected chi connectivity index (χ1v) is 9.00. The normalized spacial score (nSPS) is 15.2. The molecule has 2 aromatic carbocycles. The van der Waals surface area contributed by atoms with Crippen LogP contribution in [0, 0.1) is 0 Å². The van der Waals surface area contributed by atoms with Gasteiger partial charge in [0.25, 0.3) is 5.91 Å². The maximum Gasteiger partial charge on any atom is 0.260 e. The van der Waals surface area contributed by atoms with Gasteiger partial charge in [0.1, 0.15) is 0 Å². The number of halogens is 2. The minimum Gasteiger partial charge on any atom is -0.481 e. The number of rotatable bonds is 5. The van der Waals surface area contributed by atoms with Crippen molar-refractivity contribution >= 4 is 29.1 Å². The van der Waals surface area contributed by atoms with Gasteiger partial charge in [0.15, 0.2) is 12.4 Å². The van der Waals surface area contributed by atoms with Crippen LogP contribution in [0.5, 0.6) is 5.75 Å². The van der Waals surface area contributed by atoms with E-state index < -0.39 is 0 Å². The lowest BCUT2D eigenvalue weighted by molar-refractivity contribution is -0.135. The fourth-order valence-corrected chi connectivity index (χ4v) is 3.35. The molecule has 0 N–H and O–H groups in total. The molecular formula is C19H20Cl2N2O2. The van der Waals surface area contributed by atoms with Crippen LogP contribution in [0.3, 0.4) is 0 Å². The smallest absolute Gasteiger partial charge is 0.260 e. The molecule has 0 radical (unpaired) electrons. The highest BCUT2D eigenvalue weighted by Gasteiger charge is 2.22. The molecule has 0 unspecified atom stereocenters. The van der Waals surface area contributed by atoms with E-state index >= 15 is 0 Å². The first-order valence-electron chi connectivity index (χ1n) is 8.24. The zero-order chi connectivity index (χ0) is 17.6. The Bertz CT molecular complexity index is 696. The van der Waals surface area contributed by atoms with Crippen molar-refractivity contribution in [2.45, 2.75) is 6.54 Å². The molecule has 25 heavy (non-hydrogen) atoms. The Balaban J connectivity index is 1.47. The quantitative estimate of drug-likeness (QED) is 0.794. The highest BCUT2D eigenvalue weighted by Crippen LogP contribution is 2.32. The third kappa shape index (κ3) is 4.88. The van der Waals surface area contributed by atoms with Crippen molar-refractivity contribution in [3.63, 3.8) is 0 Å². The van der Waals surface area contributed by atoms with Gasteiger partial charge in [-0.3, -0.25) is 9.69 Å². The number of carbonyl (C=O) groups is 1. The summed E-state index contributed by atoms with van der Waals surface area (Å²) in [5.74, 6) is 0.317. The van der Waals surface area contributed by atoms with Crippen LogP contribution >= 0.6 is 23.2 Å². The predicted octanol–water partition coefficient (Wildman–Crippen LogP) is 3.72. The summed E-state index contributed by atoms with van der Waals surface area (Å²) >= 11 is 12.1. The second-order valence-corrected chi connectivity index (χ2v) is 6.80. The average Bonchev–Trinajstić information content (AvgIpc) is 2.62. The molecule has 0 aromatic heterocycles. The van der Waals surface area contributed by atoms with Gasteiger partial charge in [-0.2, -0.15) is 0 Å². The number of nitrogens with zero attached hydrogens (tertiary/aromatic N) is 2. The summed E-state index contributed by atoms with van der Waals surface area (Å²) in [5.41, 5.74) is 1.29. The van der Waals surface area contributed by atoms with Crippen LogP contribution in [0.2, 0.25) is 10.0 Å². The van der Waals surface area contributed by atoms with E-state index in [2.05, 4.69) is 17.0 Å². The van der Waals surface area contributed by atoms with E-state index in [1.807, 2.05) is 23.1 Å². The SMILES string of the molecule is O=C(COc1c(Cl)cccc1Cl)N1CCN(Cc2ccccc2)CC1. The third-order valence-electron chi connectivity index (χ3n) is 4.23. The molecule has 0 bridgehead atoms. The zero-order valence-electron chi connectivity index (χ0n) is 13.8. The fraction of sp³-hybridized carbons (Fsp3) is 0.316. The largest absolute Gasteiger partial charge is 0.481 e. The van der Waals surface area contributed by atoms with E-state index in [4.69, 9.17) is 27.9 Å². The summed E-state index contributed by atoms with van der Waals surface area (Å²) in [7, 11) is 0. The maximum atomic E-state index is 12.4. The van der Waals surface area contributed by atoms with Crippen LogP contribution in [-0.4, -0.2) is 48.5 Å². The fourth-order valence-electron chi connectivity index (χ4n) is 2.84. The van der Waals surface area contributed by atoms with Gasteiger partial charge >= 0.3 is 0 Å². The Labute approximate surface area is 157 Å². The molecule has 0 aliphatic carbocycles. The van der Waals surface area contributed by atoms with Gasteiger partial charge in [-0.25, -0.2) is 0 Å². The summed E-state index contributed by atoms with van der Waals surface area (Å²) in [4.78, 5) is 16.5. The molecule has 1 amide bonds. The Morgan fingerprint density at radius 1 is 0.920 bits per heavy atom. The lowest BCUT2D eigenvalue weighted by Gasteiger charge is -2.34. The number of hydrogen-bond donors (Lipinski definition) is 0. The Morgan fingerprint density at radius 2 is 1.56 bits per heavy atom. The molecular weight excluding hydrogens is 359 g/mol. The van der Waals surface area contributed by atoms with Crippen molar-refractivity contribution in [2.75, 3.05) is 32.8 Å².